The molecule has 8 nitrogen and oxygen atoms in total. The zero-order chi connectivity index (χ0) is 21.4. The van der Waals surface area contributed by atoms with E-state index in [-0.39, 0.29) is 23.8 Å². The van der Waals surface area contributed by atoms with Crippen molar-refractivity contribution < 1.29 is 19.1 Å². The second-order valence-electron chi connectivity index (χ2n) is 8.49. The van der Waals surface area contributed by atoms with Crippen LogP contribution in [-0.4, -0.2) is 53.4 Å². The van der Waals surface area contributed by atoms with E-state index >= 15 is 0 Å². The van der Waals surface area contributed by atoms with E-state index in [1.54, 1.807) is 31.5 Å². The van der Waals surface area contributed by atoms with Gasteiger partial charge in [-0.05, 0) is 30.2 Å². The first-order valence-corrected chi connectivity index (χ1v) is 10.7. The molecule has 3 aliphatic rings. The lowest BCUT2D eigenvalue weighted by Crippen LogP contribution is -2.55. The molecule has 2 unspecified atom stereocenters. The smallest absolute Gasteiger partial charge is 0.241 e. The van der Waals surface area contributed by atoms with Crippen molar-refractivity contribution in [3.8, 4) is 11.5 Å². The van der Waals surface area contributed by atoms with Gasteiger partial charge in [-0.1, -0.05) is 6.07 Å². The Bertz CT molecular complexity index is 988. The summed E-state index contributed by atoms with van der Waals surface area (Å²) in [4.78, 5) is 31.8. The summed E-state index contributed by atoms with van der Waals surface area (Å²) in [5.41, 5.74) is 7.46. The highest BCUT2D eigenvalue weighted by molar-refractivity contribution is 6.00. The number of likely N-dealkylation sites (tertiary alicyclic amines) is 1. The van der Waals surface area contributed by atoms with Crippen LogP contribution in [0.1, 0.15) is 47.6 Å². The van der Waals surface area contributed by atoms with Crippen molar-refractivity contribution in [1.29, 1.82) is 0 Å². The molecule has 4 heterocycles. The van der Waals surface area contributed by atoms with Crippen LogP contribution in [0, 0.1) is 0 Å². The molecule has 0 radical (unpaired) electrons. The van der Waals surface area contributed by atoms with E-state index in [1.807, 2.05) is 23.2 Å². The Morgan fingerprint density at radius 3 is 2.84 bits per heavy atom. The van der Waals surface area contributed by atoms with Crippen molar-refractivity contribution in [3.05, 3.63) is 53.9 Å². The molecule has 31 heavy (non-hydrogen) atoms. The van der Waals surface area contributed by atoms with E-state index in [2.05, 4.69) is 15.8 Å². The number of ether oxygens (including phenoxy) is 2. The van der Waals surface area contributed by atoms with Gasteiger partial charge in [-0.3, -0.25) is 14.6 Å². The summed E-state index contributed by atoms with van der Waals surface area (Å²) in [5, 5.41) is 0. The number of piperidine rings is 1. The van der Waals surface area contributed by atoms with Crippen LogP contribution < -0.4 is 20.3 Å². The van der Waals surface area contributed by atoms with Crippen LogP contribution in [-0.2, 0) is 4.79 Å². The SMILES string of the molecule is COc1ccc2c(c1)OC1(CCN(C(=O)C3CC(c4cccnc4)NN3)CC1)CC2=O. The summed E-state index contributed by atoms with van der Waals surface area (Å²) in [7, 11) is 1.59. The van der Waals surface area contributed by atoms with E-state index in [9.17, 15) is 9.59 Å². The van der Waals surface area contributed by atoms with Crippen molar-refractivity contribution in [2.24, 2.45) is 0 Å². The minimum atomic E-state index is -0.549. The number of hydrazine groups is 1. The summed E-state index contributed by atoms with van der Waals surface area (Å²) in [5.74, 6) is 1.41. The topological polar surface area (TPSA) is 92.8 Å². The number of Topliss-reactive ketones (excluding diaryl/α,β-unsaturated/α-hetero) is 1. The van der Waals surface area contributed by atoms with Gasteiger partial charge in [0.15, 0.2) is 5.78 Å². The number of aromatic nitrogens is 1. The molecule has 2 N–H and O–H groups in total. The molecule has 1 spiro atoms. The number of ketones is 1. The normalized spacial score (nSPS) is 24.5. The molecule has 2 saturated heterocycles. The van der Waals surface area contributed by atoms with Crippen molar-refractivity contribution >= 4 is 11.7 Å². The van der Waals surface area contributed by atoms with Crippen LogP contribution in [0.3, 0.4) is 0 Å². The van der Waals surface area contributed by atoms with Crippen LogP contribution in [0.4, 0.5) is 0 Å². The van der Waals surface area contributed by atoms with Crippen molar-refractivity contribution in [2.75, 3.05) is 20.2 Å². The second-order valence-corrected chi connectivity index (χ2v) is 8.49. The third-order valence-corrected chi connectivity index (χ3v) is 6.57. The number of amides is 1. The maximum atomic E-state index is 13.1. The summed E-state index contributed by atoms with van der Waals surface area (Å²) >= 11 is 0. The molecule has 0 bridgehead atoms. The zero-order valence-corrected chi connectivity index (χ0v) is 17.5. The highest BCUT2D eigenvalue weighted by Gasteiger charge is 2.45. The summed E-state index contributed by atoms with van der Waals surface area (Å²) in [6, 6.07) is 9.00. The summed E-state index contributed by atoms with van der Waals surface area (Å²) in [6.45, 7) is 1.14. The molecule has 5 rings (SSSR count). The monoisotopic (exact) mass is 422 g/mol. The molecule has 8 heteroatoms. The van der Waals surface area contributed by atoms with Gasteiger partial charge in [0, 0.05) is 50.4 Å². The van der Waals surface area contributed by atoms with Crippen molar-refractivity contribution in [1.82, 2.24) is 20.7 Å². The number of carbonyl (C=O) groups excluding carboxylic acids is 2. The summed E-state index contributed by atoms with van der Waals surface area (Å²) < 4.78 is 11.6. The fourth-order valence-corrected chi connectivity index (χ4v) is 4.75. The van der Waals surface area contributed by atoms with Gasteiger partial charge in [0.2, 0.25) is 5.91 Å². The molecule has 0 aliphatic carbocycles. The lowest BCUT2D eigenvalue weighted by atomic mass is 9.82. The number of nitrogens with one attached hydrogen (secondary N) is 2. The number of methoxy groups -OCH3 is 1. The molecule has 162 valence electrons. The molecule has 2 atom stereocenters. The number of hydrogen-bond donors (Lipinski definition) is 2. The second kappa shape index (κ2) is 7.94. The minimum Gasteiger partial charge on any atom is -0.497 e. The first-order valence-electron chi connectivity index (χ1n) is 10.7. The van der Waals surface area contributed by atoms with Gasteiger partial charge < -0.3 is 14.4 Å². The molecule has 0 saturated carbocycles. The van der Waals surface area contributed by atoms with Gasteiger partial charge in [-0.2, -0.15) is 0 Å². The third-order valence-electron chi connectivity index (χ3n) is 6.57. The Balaban J connectivity index is 1.22. The lowest BCUT2D eigenvalue weighted by Gasteiger charge is -2.44. The largest absolute Gasteiger partial charge is 0.497 e. The Labute approximate surface area is 180 Å². The van der Waals surface area contributed by atoms with Crippen LogP contribution >= 0.6 is 0 Å². The number of pyridine rings is 1. The van der Waals surface area contributed by atoms with E-state index in [0.717, 1.165) is 5.56 Å². The Morgan fingerprint density at radius 2 is 2.10 bits per heavy atom. The predicted molar refractivity (Wildman–Crippen MR) is 113 cm³/mol. The van der Waals surface area contributed by atoms with Crippen molar-refractivity contribution in [2.45, 2.75) is 43.4 Å². The lowest BCUT2D eigenvalue weighted by molar-refractivity contribution is -0.136. The van der Waals surface area contributed by atoms with Gasteiger partial charge in [-0.15, -0.1) is 0 Å². The van der Waals surface area contributed by atoms with Gasteiger partial charge in [-0.25, -0.2) is 10.9 Å². The maximum Gasteiger partial charge on any atom is 0.241 e. The summed E-state index contributed by atoms with van der Waals surface area (Å²) in [6.07, 6.45) is 5.85. The molecular weight excluding hydrogens is 396 g/mol. The molecule has 1 amide bonds. The fraction of sp³-hybridized carbons (Fsp3) is 0.435. The van der Waals surface area contributed by atoms with E-state index in [4.69, 9.17) is 9.47 Å². The van der Waals surface area contributed by atoms with E-state index in [0.29, 0.717) is 55.8 Å². The van der Waals surface area contributed by atoms with Gasteiger partial charge >= 0.3 is 0 Å². The zero-order valence-electron chi connectivity index (χ0n) is 17.5. The van der Waals surface area contributed by atoms with Gasteiger partial charge in [0.25, 0.3) is 0 Å². The Morgan fingerprint density at radius 1 is 1.26 bits per heavy atom. The number of nitrogens with zero attached hydrogens (tertiary/aromatic N) is 2. The Kier molecular flexibility index (Phi) is 5.11. The van der Waals surface area contributed by atoms with E-state index < -0.39 is 5.60 Å². The number of benzene rings is 1. The fourth-order valence-electron chi connectivity index (χ4n) is 4.75. The first kappa shape index (κ1) is 20.0. The van der Waals surface area contributed by atoms with E-state index in [1.165, 1.54) is 0 Å². The minimum absolute atomic E-state index is 0.0598. The number of carbonyl (C=O) groups is 2. The third kappa shape index (κ3) is 3.77. The van der Waals surface area contributed by atoms with Crippen LogP contribution in [0.25, 0.3) is 0 Å². The van der Waals surface area contributed by atoms with Crippen molar-refractivity contribution in [3.63, 3.8) is 0 Å². The Hall–Kier alpha value is -2.97. The quantitative estimate of drug-likeness (QED) is 0.782. The molecule has 2 aromatic rings. The molecule has 2 fully saturated rings. The highest BCUT2D eigenvalue weighted by atomic mass is 16.5. The standard InChI is InChI=1S/C23H26N4O4/c1-30-16-4-5-17-20(28)13-23(31-21(17)11-16)6-9-27(10-7-23)22(29)19-12-18(25-26-19)15-3-2-8-24-14-15/h2-5,8,11,14,18-19,25-26H,6-7,9-10,12-13H2,1H3. The average Bonchev–Trinajstić information content (AvgIpc) is 3.30. The molecule has 1 aromatic heterocycles. The molecular formula is C23H26N4O4. The predicted octanol–water partition coefficient (Wildman–Crippen LogP) is 2.02. The van der Waals surface area contributed by atoms with Gasteiger partial charge in [0.1, 0.15) is 23.1 Å². The number of hydrogen-bond acceptors (Lipinski definition) is 7. The van der Waals surface area contributed by atoms with Crippen LogP contribution in [0.5, 0.6) is 11.5 Å². The van der Waals surface area contributed by atoms with Crippen LogP contribution in [0.2, 0.25) is 0 Å². The number of rotatable bonds is 3. The highest BCUT2D eigenvalue weighted by Crippen LogP contribution is 2.41. The molecule has 3 aliphatic heterocycles. The van der Waals surface area contributed by atoms with Crippen LogP contribution in [0.15, 0.2) is 42.7 Å². The number of fused-ring (bicyclic) bond motifs is 1. The molecule has 1 aromatic carbocycles. The first-order chi connectivity index (χ1) is 15.1. The van der Waals surface area contributed by atoms with Gasteiger partial charge in [0.05, 0.1) is 19.1 Å². The maximum absolute atomic E-state index is 13.1. The average molecular weight is 422 g/mol.